The number of nitrogens with zero attached hydrogens (tertiary/aromatic N) is 1. The molecule has 0 aliphatic heterocycles. The molecule has 0 radical (unpaired) electrons. The molecular weight excluding hydrogens is 220 g/mol. The Balaban J connectivity index is 4.51. The molecule has 0 saturated heterocycles. The van der Waals surface area contributed by atoms with Crippen molar-refractivity contribution in [3.63, 3.8) is 0 Å². The molecule has 1 unspecified atom stereocenters. The number of methoxy groups -OCH3 is 1. The van der Waals surface area contributed by atoms with Crippen molar-refractivity contribution in [1.82, 2.24) is 10.2 Å². The van der Waals surface area contributed by atoms with E-state index in [1.807, 2.05) is 14.1 Å². The molecule has 1 atom stereocenters. The topological polar surface area (TPSA) is 61.8 Å². The van der Waals surface area contributed by atoms with Gasteiger partial charge < -0.3 is 20.1 Å². The van der Waals surface area contributed by atoms with Crippen LogP contribution in [0.25, 0.3) is 0 Å². The molecule has 0 heterocycles. The minimum atomic E-state index is -0.941. The third-order valence-electron chi connectivity index (χ3n) is 3.40. The highest BCUT2D eigenvalue weighted by atomic mass is 16.5. The van der Waals surface area contributed by atoms with Gasteiger partial charge in [0.25, 0.3) is 0 Å². The van der Waals surface area contributed by atoms with E-state index in [4.69, 9.17) is 4.74 Å². The van der Waals surface area contributed by atoms with Crippen LogP contribution < -0.4 is 5.32 Å². The van der Waals surface area contributed by atoms with Crippen LogP contribution in [0.5, 0.6) is 0 Å². The number of carboxylic acid groups (broad SMARTS) is 1. The Kier molecular flexibility index (Phi) is 6.09. The van der Waals surface area contributed by atoms with Crippen molar-refractivity contribution < 1.29 is 14.6 Å². The number of carboxylic acids is 1. The SMILES string of the molecule is COCCC(C)(NCC(C)(C)N(C)C)C(=O)O. The van der Waals surface area contributed by atoms with E-state index >= 15 is 0 Å². The first kappa shape index (κ1) is 16.4. The average molecular weight is 246 g/mol. The molecule has 17 heavy (non-hydrogen) atoms. The highest BCUT2D eigenvalue weighted by Gasteiger charge is 2.34. The van der Waals surface area contributed by atoms with Crippen LogP contribution in [0.1, 0.15) is 27.2 Å². The second kappa shape index (κ2) is 6.33. The Labute approximate surface area is 104 Å². The van der Waals surface area contributed by atoms with Gasteiger partial charge in [-0.2, -0.15) is 0 Å². The summed E-state index contributed by atoms with van der Waals surface area (Å²) in [6.45, 7) is 6.86. The number of hydrogen-bond donors (Lipinski definition) is 2. The summed E-state index contributed by atoms with van der Waals surface area (Å²) >= 11 is 0. The first-order valence-corrected chi connectivity index (χ1v) is 5.80. The van der Waals surface area contributed by atoms with Crippen LogP contribution in [0, 0.1) is 0 Å². The lowest BCUT2D eigenvalue weighted by molar-refractivity contribution is -0.145. The van der Waals surface area contributed by atoms with E-state index in [-0.39, 0.29) is 5.54 Å². The highest BCUT2D eigenvalue weighted by Crippen LogP contribution is 2.14. The molecule has 0 rings (SSSR count). The molecule has 0 aromatic rings. The van der Waals surface area contributed by atoms with Crippen LogP contribution in [-0.4, -0.2) is 61.4 Å². The number of carbonyl (C=O) groups is 1. The summed E-state index contributed by atoms with van der Waals surface area (Å²) in [4.78, 5) is 13.4. The Morgan fingerprint density at radius 2 is 1.88 bits per heavy atom. The summed E-state index contributed by atoms with van der Waals surface area (Å²) in [5.41, 5.74) is -1.03. The molecule has 0 fully saturated rings. The molecule has 0 spiro atoms. The zero-order valence-corrected chi connectivity index (χ0v) is 11.8. The first-order chi connectivity index (χ1) is 7.65. The maximum absolute atomic E-state index is 11.3. The van der Waals surface area contributed by atoms with Crippen molar-refractivity contribution in [3.05, 3.63) is 0 Å². The fraction of sp³-hybridized carbons (Fsp3) is 0.917. The molecule has 0 aromatic carbocycles. The van der Waals surface area contributed by atoms with E-state index < -0.39 is 11.5 Å². The molecule has 0 aliphatic carbocycles. The second-order valence-electron chi connectivity index (χ2n) is 5.44. The summed E-state index contributed by atoms with van der Waals surface area (Å²) in [6.07, 6.45) is 0.447. The Bertz CT molecular complexity index is 254. The van der Waals surface area contributed by atoms with Crippen molar-refractivity contribution in [3.8, 4) is 0 Å². The molecule has 5 nitrogen and oxygen atoms in total. The van der Waals surface area contributed by atoms with Gasteiger partial charge in [0, 0.05) is 25.8 Å². The van der Waals surface area contributed by atoms with Crippen LogP contribution in [0.2, 0.25) is 0 Å². The lowest BCUT2D eigenvalue weighted by Gasteiger charge is -2.36. The van der Waals surface area contributed by atoms with Crippen LogP contribution in [-0.2, 0) is 9.53 Å². The van der Waals surface area contributed by atoms with Crippen LogP contribution in [0.3, 0.4) is 0 Å². The summed E-state index contributed by atoms with van der Waals surface area (Å²) < 4.78 is 4.95. The number of likely N-dealkylation sites (N-methyl/N-ethyl adjacent to an activating group) is 1. The predicted molar refractivity (Wildman–Crippen MR) is 68.3 cm³/mol. The summed E-state index contributed by atoms with van der Waals surface area (Å²) in [5, 5.41) is 12.4. The van der Waals surface area contributed by atoms with Gasteiger partial charge in [0.15, 0.2) is 0 Å². The fourth-order valence-corrected chi connectivity index (χ4v) is 1.15. The lowest BCUT2D eigenvalue weighted by Crippen LogP contribution is -2.57. The van der Waals surface area contributed by atoms with E-state index in [1.165, 1.54) is 0 Å². The molecule has 0 saturated carbocycles. The zero-order valence-electron chi connectivity index (χ0n) is 11.8. The van der Waals surface area contributed by atoms with Gasteiger partial charge in [0.2, 0.25) is 0 Å². The molecule has 0 aromatic heterocycles. The van der Waals surface area contributed by atoms with Gasteiger partial charge in [-0.3, -0.25) is 4.79 Å². The smallest absolute Gasteiger partial charge is 0.323 e. The van der Waals surface area contributed by atoms with E-state index in [0.29, 0.717) is 19.6 Å². The van der Waals surface area contributed by atoms with Gasteiger partial charge in [-0.15, -0.1) is 0 Å². The summed E-state index contributed by atoms with van der Waals surface area (Å²) in [7, 11) is 5.54. The maximum Gasteiger partial charge on any atom is 0.323 e. The number of rotatable bonds is 8. The fourth-order valence-electron chi connectivity index (χ4n) is 1.15. The van der Waals surface area contributed by atoms with Gasteiger partial charge in [0.05, 0.1) is 0 Å². The van der Waals surface area contributed by atoms with Crippen molar-refractivity contribution >= 4 is 5.97 Å². The van der Waals surface area contributed by atoms with Crippen molar-refractivity contribution in [1.29, 1.82) is 0 Å². The summed E-state index contributed by atoms with van der Waals surface area (Å²) in [5.74, 6) is -0.843. The van der Waals surface area contributed by atoms with Crippen molar-refractivity contribution in [2.45, 2.75) is 38.3 Å². The number of hydrogen-bond acceptors (Lipinski definition) is 4. The van der Waals surface area contributed by atoms with E-state index in [1.54, 1.807) is 14.0 Å². The monoisotopic (exact) mass is 246 g/mol. The Morgan fingerprint density at radius 3 is 2.24 bits per heavy atom. The molecule has 102 valence electrons. The zero-order chi connectivity index (χ0) is 13.7. The quantitative estimate of drug-likeness (QED) is 0.663. The minimum absolute atomic E-state index is 0.0935. The molecule has 0 aliphatic rings. The van der Waals surface area contributed by atoms with Gasteiger partial charge in [-0.05, 0) is 41.3 Å². The summed E-state index contributed by atoms with van der Waals surface area (Å²) in [6, 6.07) is 0. The number of aliphatic carboxylic acids is 1. The molecule has 0 bridgehead atoms. The first-order valence-electron chi connectivity index (χ1n) is 5.80. The van der Waals surface area contributed by atoms with E-state index in [0.717, 1.165) is 0 Å². The Hall–Kier alpha value is -0.650. The van der Waals surface area contributed by atoms with Gasteiger partial charge in [0.1, 0.15) is 5.54 Å². The van der Waals surface area contributed by atoms with Crippen LogP contribution in [0.4, 0.5) is 0 Å². The number of nitrogens with one attached hydrogen (secondary N) is 1. The Morgan fingerprint density at radius 1 is 1.35 bits per heavy atom. The molecule has 0 amide bonds. The largest absolute Gasteiger partial charge is 0.480 e. The third kappa shape index (κ3) is 5.02. The highest BCUT2D eigenvalue weighted by molar-refractivity contribution is 5.78. The predicted octanol–water partition coefficient (Wildman–Crippen LogP) is 0.796. The van der Waals surface area contributed by atoms with E-state index in [9.17, 15) is 9.90 Å². The van der Waals surface area contributed by atoms with Crippen molar-refractivity contribution in [2.24, 2.45) is 0 Å². The molecule has 2 N–H and O–H groups in total. The molecular formula is C12H26N2O3. The van der Waals surface area contributed by atoms with E-state index in [2.05, 4.69) is 24.1 Å². The van der Waals surface area contributed by atoms with Gasteiger partial charge in [-0.1, -0.05) is 0 Å². The van der Waals surface area contributed by atoms with Gasteiger partial charge in [-0.25, -0.2) is 0 Å². The lowest BCUT2D eigenvalue weighted by atomic mass is 9.95. The maximum atomic E-state index is 11.3. The third-order valence-corrected chi connectivity index (χ3v) is 3.40. The van der Waals surface area contributed by atoms with Gasteiger partial charge >= 0.3 is 5.97 Å². The molecule has 5 heteroatoms. The number of ether oxygens (including phenoxy) is 1. The normalized spacial score (nSPS) is 15.9. The minimum Gasteiger partial charge on any atom is -0.480 e. The second-order valence-corrected chi connectivity index (χ2v) is 5.44. The van der Waals surface area contributed by atoms with Crippen molar-refractivity contribution in [2.75, 3.05) is 34.4 Å². The average Bonchev–Trinajstić information content (AvgIpc) is 2.23. The van der Waals surface area contributed by atoms with Crippen LogP contribution in [0.15, 0.2) is 0 Å². The van der Waals surface area contributed by atoms with Crippen LogP contribution >= 0.6 is 0 Å². The standard InChI is InChI=1S/C12H26N2O3/c1-11(2,14(4)5)9-13-12(3,10(15)16)7-8-17-6/h13H,7-9H2,1-6H3,(H,15,16).